The maximum absolute atomic E-state index is 12.6. The first kappa shape index (κ1) is 14.9. The summed E-state index contributed by atoms with van der Waals surface area (Å²) in [6.45, 7) is 7.44. The van der Waals surface area contributed by atoms with E-state index in [-0.39, 0.29) is 17.6 Å². The minimum Gasteiger partial charge on any atom is -0.382 e. The highest BCUT2D eigenvalue weighted by atomic mass is 16.5. The average molecular weight is 278 g/mol. The van der Waals surface area contributed by atoms with Crippen LogP contribution in [0, 0.1) is 6.92 Å². The maximum atomic E-state index is 12.6. The number of ether oxygens (including phenoxy) is 2. The molecule has 0 aromatic carbocycles. The molecular formula is C15H22N2O3. The number of carbonyl (C=O) groups excluding carboxylic acids is 1. The summed E-state index contributed by atoms with van der Waals surface area (Å²) in [5, 5.41) is 0. The molecule has 110 valence electrons. The molecule has 0 radical (unpaired) electrons. The van der Waals surface area contributed by atoms with Crippen molar-refractivity contribution in [3.05, 3.63) is 29.6 Å². The monoisotopic (exact) mass is 278 g/mol. The molecule has 0 unspecified atom stereocenters. The van der Waals surface area contributed by atoms with Gasteiger partial charge in [-0.25, -0.2) is 0 Å². The summed E-state index contributed by atoms with van der Waals surface area (Å²) >= 11 is 0. The largest absolute Gasteiger partial charge is 0.382 e. The number of morpholine rings is 1. The van der Waals surface area contributed by atoms with Crippen molar-refractivity contribution in [2.24, 2.45) is 0 Å². The number of amides is 1. The van der Waals surface area contributed by atoms with Crippen LogP contribution in [0.5, 0.6) is 0 Å². The van der Waals surface area contributed by atoms with Crippen molar-refractivity contribution < 1.29 is 14.3 Å². The highest BCUT2D eigenvalue weighted by molar-refractivity contribution is 5.95. The first-order valence-electron chi connectivity index (χ1n) is 6.80. The number of rotatable bonds is 3. The van der Waals surface area contributed by atoms with Gasteiger partial charge in [0.05, 0.1) is 23.9 Å². The van der Waals surface area contributed by atoms with Gasteiger partial charge in [0.25, 0.3) is 5.91 Å². The molecule has 1 aromatic heterocycles. The Morgan fingerprint density at radius 3 is 3.00 bits per heavy atom. The van der Waals surface area contributed by atoms with Crippen molar-refractivity contribution in [3.8, 4) is 0 Å². The minimum atomic E-state index is -0.368. The van der Waals surface area contributed by atoms with Crippen LogP contribution in [0.2, 0.25) is 0 Å². The molecule has 1 atom stereocenters. The molecule has 5 nitrogen and oxygen atoms in total. The Bertz CT molecular complexity index is 488. The van der Waals surface area contributed by atoms with Gasteiger partial charge in [0.2, 0.25) is 0 Å². The highest BCUT2D eigenvalue weighted by Crippen LogP contribution is 2.23. The molecule has 1 aromatic rings. The summed E-state index contributed by atoms with van der Waals surface area (Å²) in [7, 11) is 1.64. The van der Waals surface area contributed by atoms with Crippen LogP contribution in [-0.2, 0) is 9.47 Å². The molecule has 1 saturated heterocycles. The lowest BCUT2D eigenvalue weighted by Crippen LogP contribution is -2.55. The third kappa shape index (κ3) is 3.35. The lowest BCUT2D eigenvalue weighted by atomic mass is 10.0. The Morgan fingerprint density at radius 1 is 1.60 bits per heavy atom. The summed E-state index contributed by atoms with van der Waals surface area (Å²) in [4.78, 5) is 18.7. The van der Waals surface area contributed by atoms with E-state index in [9.17, 15) is 4.79 Å². The third-order valence-electron chi connectivity index (χ3n) is 3.36. The average Bonchev–Trinajstić information content (AvgIpc) is 2.37. The topological polar surface area (TPSA) is 51.7 Å². The van der Waals surface area contributed by atoms with Crippen LogP contribution in [0.15, 0.2) is 18.3 Å². The number of carbonyl (C=O) groups is 1. The van der Waals surface area contributed by atoms with Gasteiger partial charge in [-0.05, 0) is 32.9 Å². The summed E-state index contributed by atoms with van der Waals surface area (Å²) in [5.74, 6) is 0.00748. The van der Waals surface area contributed by atoms with E-state index in [0.717, 1.165) is 5.69 Å². The predicted molar refractivity (Wildman–Crippen MR) is 75.7 cm³/mol. The SMILES string of the molecule is COC[C@@H]1CN(C(=O)c2cccnc2C)CC(C)(C)O1. The number of aryl methyl sites for hydroxylation is 1. The molecule has 0 spiro atoms. The lowest BCUT2D eigenvalue weighted by molar-refractivity contribution is -0.143. The van der Waals surface area contributed by atoms with Gasteiger partial charge in [0.15, 0.2) is 0 Å². The smallest absolute Gasteiger partial charge is 0.255 e. The molecule has 1 fully saturated rings. The Hall–Kier alpha value is -1.46. The number of nitrogens with zero attached hydrogens (tertiary/aromatic N) is 2. The van der Waals surface area contributed by atoms with Crippen molar-refractivity contribution >= 4 is 5.91 Å². The fraction of sp³-hybridized carbons (Fsp3) is 0.600. The fourth-order valence-electron chi connectivity index (χ4n) is 2.60. The van der Waals surface area contributed by atoms with E-state index in [4.69, 9.17) is 9.47 Å². The number of aromatic nitrogens is 1. The quantitative estimate of drug-likeness (QED) is 0.843. The Labute approximate surface area is 119 Å². The molecule has 1 aliphatic rings. The number of hydrogen-bond acceptors (Lipinski definition) is 4. The summed E-state index contributed by atoms with van der Waals surface area (Å²) < 4.78 is 11.1. The van der Waals surface area contributed by atoms with Crippen LogP contribution < -0.4 is 0 Å². The molecule has 2 rings (SSSR count). The first-order valence-corrected chi connectivity index (χ1v) is 6.80. The van der Waals surface area contributed by atoms with Crippen LogP contribution >= 0.6 is 0 Å². The Kier molecular flexibility index (Phi) is 4.40. The van der Waals surface area contributed by atoms with E-state index < -0.39 is 0 Å². The van der Waals surface area contributed by atoms with E-state index in [0.29, 0.717) is 25.3 Å². The van der Waals surface area contributed by atoms with Gasteiger partial charge in [0, 0.05) is 32.1 Å². The zero-order valence-corrected chi connectivity index (χ0v) is 12.5. The molecule has 1 aliphatic heterocycles. The standard InChI is InChI=1S/C15H22N2O3/c1-11-13(6-5-7-16-11)14(18)17-8-12(9-19-4)20-15(2,3)10-17/h5-7,12H,8-10H2,1-4H3/t12-/m0/s1. The van der Waals surface area contributed by atoms with Crippen LogP contribution in [0.1, 0.15) is 29.9 Å². The van der Waals surface area contributed by atoms with Crippen molar-refractivity contribution in [1.82, 2.24) is 9.88 Å². The van der Waals surface area contributed by atoms with E-state index in [1.54, 1.807) is 19.4 Å². The van der Waals surface area contributed by atoms with Crippen molar-refractivity contribution in [1.29, 1.82) is 0 Å². The molecule has 0 N–H and O–H groups in total. The van der Waals surface area contributed by atoms with Crippen molar-refractivity contribution in [3.63, 3.8) is 0 Å². The second kappa shape index (κ2) is 5.89. The third-order valence-corrected chi connectivity index (χ3v) is 3.36. The zero-order chi connectivity index (χ0) is 14.8. The Morgan fingerprint density at radius 2 is 2.35 bits per heavy atom. The first-order chi connectivity index (χ1) is 9.43. The summed E-state index contributed by atoms with van der Waals surface area (Å²) in [6.07, 6.45) is 1.60. The summed E-state index contributed by atoms with van der Waals surface area (Å²) in [5.41, 5.74) is 1.04. The molecule has 20 heavy (non-hydrogen) atoms. The highest BCUT2D eigenvalue weighted by Gasteiger charge is 2.36. The van der Waals surface area contributed by atoms with Gasteiger partial charge in [-0.2, -0.15) is 0 Å². The molecular weight excluding hydrogens is 256 g/mol. The minimum absolute atomic E-state index is 0.00748. The molecule has 0 aliphatic carbocycles. The van der Waals surface area contributed by atoms with Gasteiger partial charge in [0.1, 0.15) is 0 Å². The Balaban J connectivity index is 2.18. The number of pyridine rings is 1. The van der Waals surface area contributed by atoms with Gasteiger partial charge >= 0.3 is 0 Å². The van der Waals surface area contributed by atoms with Crippen LogP contribution in [0.25, 0.3) is 0 Å². The second-order valence-electron chi connectivity index (χ2n) is 5.78. The van der Waals surface area contributed by atoms with Gasteiger partial charge in [-0.15, -0.1) is 0 Å². The van der Waals surface area contributed by atoms with E-state index in [1.807, 2.05) is 31.7 Å². The molecule has 1 amide bonds. The normalized spacial score (nSPS) is 21.8. The number of hydrogen-bond donors (Lipinski definition) is 0. The van der Waals surface area contributed by atoms with Crippen LogP contribution in [-0.4, -0.2) is 54.3 Å². The second-order valence-corrected chi connectivity index (χ2v) is 5.78. The van der Waals surface area contributed by atoms with Gasteiger partial charge < -0.3 is 14.4 Å². The van der Waals surface area contributed by atoms with Crippen LogP contribution in [0.4, 0.5) is 0 Å². The van der Waals surface area contributed by atoms with Crippen LogP contribution in [0.3, 0.4) is 0 Å². The van der Waals surface area contributed by atoms with Crippen molar-refractivity contribution in [2.75, 3.05) is 26.8 Å². The van der Waals surface area contributed by atoms with Gasteiger partial charge in [-0.1, -0.05) is 0 Å². The van der Waals surface area contributed by atoms with E-state index >= 15 is 0 Å². The number of methoxy groups -OCH3 is 1. The fourth-order valence-corrected chi connectivity index (χ4v) is 2.60. The molecule has 2 heterocycles. The van der Waals surface area contributed by atoms with E-state index in [1.165, 1.54) is 0 Å². The molecule has 5 heteroatoms. The zero-order valence-electron chi connectivity index (χ0n) is 12.5. The van der Waals surface area contributed by atoms with E-state index in [2.05, 4.69) is 4.98 Å². The predicted octanol–water partition coefficient (Wildman–Crippen LogP) is 1.66. The molecule has 0 saturated carbocycles. The summed E-state index contributed by atoms with van der Waals surface area (Å²) in [6, 6.07) is 3.61. The lowest BCUT2D eigenvalue weighted by Gasteiger charge is -2.42. The van der Waals surface area contributed by atoms with Gasteiger partial charge in [-0.3, -0.25) is 9.78 Å². The molecule has 0 bridgehead atoms. The van der Waals surface area contributed by atoms with Crippen molar-refractivity contribution in [2.45, 2.75) is 32.5 Å². The maximum Gasteiger partial charge on any atom is 0.255 e.